The van der Waals surface area contributed by atoms with Gasteiger partial charge in [0.1, 0.15) is 6.17 Å². The fourth-order valence-electron chi connectivity index (χ4n) is 8.94. The molecule has 1 atom stereocenters. The molecule has 4 nitrogen and oxygen atoms in total. The van der Waals surface area contributed by atoms with Crippen LogP contribution in [-0.4, -0.2) is 4.57 Å². The van der Waals surface area contributed by atoms with E-state index in [1.807, 2.05) is 0 Å². The summed E-state index contributed by atoms with van der Waals surface area (Å²) in [7, 11) is 0. The van der Waals surface area contributed by atoms with Gasteiger partial charge in [-0.3, -0.25) is 0 Å². The fraction of sp³-hybridized carbons (Fsp3) is 0.0175. The summed E-state index contributed by atoms with van der Waals surface area (Å²) >= 11 is 0. The van der Waals surface area contributed by atoms with Crippen LogP contribution in [0.5, 0.6) is 0 Å². The zero-order valence-electron chi connectivity index (χ0n) is 33.5. The maximum absolute atomic E-state index is 3.95. The smallest absolute Gasteiger partial charge is 0.130 e. The topological polar surface area (TPSA) is 32.2 Å². The van der Waals surface area contributed by atoms with E-state index in [0.29, 0.717) is 0 Å². The van der Waals surface area contributed by atoms with E-state index in [1.165, 1.54) is 38.5 Å². The summed E-state index contributed by atoms with van der Waals surface area (Å²) in [6.45, 7) is 0. The average Bonchev–Trinajstić information content (AvgIpc) is 3.90. The van der Waals surface area contributed by atoms with Gasteiger partial charge in [0, 0.05) is 44.6 Å². The van der Waals surface area contributed by atoms with Crippen LogP contribution < -0.4 is 15.5 Å². The molecule has 0 radical (unpaired) electrons. The highest BCUT2D eigenvalue weighted by Crippen LogP contribution is 2.44. The molecule has 11 rings (SSSR count). The van der Waals surface area contributed by atoms with E-state index in [9.17, 15) is 0 Å². The van der Waals surface area contributed by atoms with Gasteiger partial charge >= 0.3 is 0 Å². The Morgan fingerprint density at radius 3 is 1.72 bits per heavy atom. The monoisotopic (exact) mass is 782 g/mol. The van der Waals surface area contributed by atoms with Gasteiger partial charge in [-0.15, -0.1) is 0 Å². The molecule has 1 aliphatic rings. The quantitative estimate of drug-likeness (QED) is 0.153. The normalized spacial score (nSPS) is 13.8. The molecule has 1 aromatic heterocycles. The van der Waals surface area contributed by atoms with Gasteiger partial charge in [-0.25, -0.2) is 0 Å². The molecule has 1 unspecified atom stereocenters. The lowest BCUT2D eigenvalue weighted by Gasteiger charge is -2.30. The van der Waals surface area contributed by atoms with E-state index in [2.05, 4.69) is 257 Å². The lowest BCUT2D eigenvalue weighted by molar-refractivity contribution is 0.679. The molecular weight excluding hydrogens is 741 g/mol. The summed E-state index contributed by atoms with van der Waals surface area (Å²) in [5.41, 5.74) is 17.2. The molecule has 290 valence electrons. The summed E-state index contributed by atoms with van der Waals surface area (Å²) in [5.74, 6) is 0. The zero-order chi connectivity index (χ0) is 40.5. The molecule has 0 saturated carbocycles. The molecule has 10 aromatic rings. The van der Waals surface area contributed by atoms with Crippen LogP contribution in [0, 0.1) is 0 Å². The third-order valence-corrected chi connectivity index (χ3v) is 11.8. The molecule has 0 bridgehead atoms. The lowest BCUT2D eigenvalue weighted by Crippen LogP contribution is -2.29. The third-order valence-electron chi connectivity index (χ3n) is 11.8. The van der Waals surface area contributed by atoms with Crippen molar-refractivity contribution in [3.63, 3.8) is 0 Å². The molecule has 4 heteroatoms. The number of aromatic nitrogens is 1. The highest BCUT2D eigenvalue weighted by molar-refractivity contribution is 6.10. The number of nitrogens with one attached hydrogen (secondary N) is 2. The fourth-order valence-corrected chi connectivity index (χ4v) is 8.94. The Kier molecular flexibility index (Phi) is 9.21. The van der Waals surface area contributed by atoms with Crippen molar-refractivity contribution in [3.05, 3.63) is 253 Å². The van der Waals surface area contributed by atoms with Gasteiger partial charge in [0.25, 0.3) is 0 Å². The Hall–Kier alpha value is -8.08. The Morgan fingerprint density at radius 1 is 0.393 bits per heavy atom. The van der Waals surface area contributed by atoms with Crippen LogP contribution in [0.2, 0.25) is 0 Å². The van der Waals surface area contributed by atoms with Crippen LogP contribution in [0.25, 0.3) is 61.1 Å². The SMILES string of the molecule is c1ccc(C2=C(c3ccccc3)N(c3ccccc3)C(c3ccc(Nc4ccccc4-c4cccc(-c5ccc6c(c5)c5ccccc5n6-c5ccccc5)c4)cc3)N2)cc1. The summed E-state index contributed by atoms with van der Waals surface area (Å²) in [6, 6.07) is 84.6. The summed E-state index contributed by atoms with van der Waals surface area (Å²) in [5, 5.41) is 10.2. The van der Waals surface area contributed by atoms with Crippen molar-refractivity contribution < 1.29 is 0 Å². The zero-order valence-corrected chi connectivity index (χ0v) is 33.5. The van der Waals surface area contributed by atoms with Gasteiger partial charge in [-0.1, -0.05) is 170 Å². The Labute approximate surface area is 356 Å². The Balaban J connectivity index is 0.907. The van der Waals surface area contributed by atoms with Gasteiger partial charge in [0.2, 0.25) is 0 Å². The molecule has 2 heterocycles. The second-order valence-electron chi connectivity index (χ2n) is 15.5. The first kappa shape index (κ1) is 36.0. The van der Waals surface area contributed by atoms with Gasteiger partial charge < -0.3 is 20.1 Å². The number of anilines is 3. The van der Waals surface area contributed by atoms with Crippen molar-refractivity contribution in [2.45, 2.75) is 6.17 Å². The van der Waals surface area contributed by atoms with Gasteiger partial charge in [0.05, 0.1) is 22.4 Å². The molecule has 61 heavy (non-hydrogen) atoms. The molecule has 0 aliphatic carbocycles. The minimum Gasteiger partial charge on any atom is -0.359 e. The van der Waals surface area contributed by atoms with Crippen molar-refractivity contribution in [2.24, 2.45) is 0 Å². The van der Waals surface area contributed by atoms with Crippen LogP contribution >= 0.6 is 0 Å². The second-order valence-corrected chi connectivity index (χ2v) is 15.5. The standard InChI is InChI=1S/C57H42N4/c1-5-18-40(19-6-1)55-56(41-20-7-2-8-21-41)61(48-26-11-4-12-27-48)57(59-55)42-32-35-46(36-33-42)58-52-30-15-13-28-49(52)45-23-17-22-43(38-45)44-34-37-54-51(39-44)50-29-14-16-31-53(50)60(54)47-24-9-3-10-25-47/h1-39,57-59H. The number of benzene rings is 9. The van der Waals surface area contributed by atoms with E-state index in [1.54, 1.807) is 0 Å². The van der Waals surface area contributed by atoms with Crippen LogP contribution in [0.3, 0.4) is 0 Å². The van der Waals surface area contributed by atoms with E-state index >= 15 is 0 Å². The highest BCUT2D eigenvalue weighted by atomic mass is 15.3. The Morgan fingerprint density at radius 2 is 0.967 bits per heavy atom. The maximum atomic E-state index is 3.95. The molecule has 9 aromatic carbocycles. The van der Waals surface area contributed by atoms with E-state index in [0.717, 1.165) is 56.4 Å². The first-order valence-electron chi connectivity index (χ1n) is 20.9. The molecule has 0 saturated heterocycles. The van der Waals surface area contributed by atoms with Crippen molar-refractivity contribution in [2.75, 3.05) is 10.2 Å². The largest absolute Gasteiger partial charge is 0.359 e. The van der Waals surface area contributed by atoms with E-state index in [4.69, 9.17) is 0 Å². The molecule has 0 fully saturated rings. The predicted octanol–water partition coefficient (Wildman–Crippen LogP) is 14.5. The number of hydrogen-bond acceptors (Lipinski definition) is 3. The van der Waals surface area contributed by atoms with Crippen molar-refractivity contribution in [1.29, 1.82) is 0 Å². The lowest BCUT2D eigenvalue weighted by atomic mass is 9.97. The van der Waals surface area contributed by atoms with E-state index in [-0.39, 0.29) is 6.17 Å². The molecule has 1 aliphatic heterocycles. The van der Waals surface area contributed by atoms with E-state index < -0.39 is 0 Å². The van der Waals surface area contributed by atoms with Crippen molar-refractivity contribution >= 4 is 50.3 Å². The number of rotatable bonds is 9. The molecular formula is C57H42N4. The van der Waals surface area contributed by atoms with Crippen LogP contribution in [0.4, 0.5) is 17.1 Å². The van der Waals surface area contributed by atoms with Gasteiger partial charge in [-0.05, 0) is 94.5 Å². The molecule has 0 amide bonds. The average molecular weight is 783 g/mol. The van der Waals surface area contributed by atoms with Crippen LogP contribution in [0.1, 0.15) is 22.9 Å². The van der Waals surface area contributed by atoms with Gasteiger partial charge in [-0.2, -0.15) is 0 Å². The summed E-state index contributed by atoms with van der Waals surface area (Å²) in [4.78, 5) is 2.43. The summed E-state index contributed by atoms with van der Waals surface area (Å²) in [6.07, 6.45) is -0.119. The molecule has 0 spiro atoms. The van der Waals surface area contributed by atoms with Crippen LogP contribution in [-0.2, 0) is 0 Å². The number of hydrogen-bond donors (Lipinski definition) is 2. The minimum atomic E-state index is -0.119. The summed E-state index contributed by atoms with van der Waals surface area (Å²) < 4.78 is 2.36. The maximum Gasteiger partial charge on any atom is 0.130 e. The van der Waals surface area contributed by atoms with Crippen molar-refractivity contribution in [1.82, 2.24) is 9.88 Å². The van der Waals surface area contributed by atoms with Gasteiger partial charge in [0.15, 0.2) is 0 Å². The van der Waals surface area contributed by atoms with Crippen molar-refractivity contribution in [3.8, 4) is 27.9 Å². The minimum absolute atomic E-state index is 0.119. The highest BCUT2D eigenvalue weighted by Gasteiger charge is 2.35. The predicted molar refractivity (Wildman–Crippen MR) is 256 cm³/mol. The molecule has 2 N–H and O–H groups in total. The first-order chi connectivity index (χ1) is 30.3. The number of fused-ring (bicyclic) bond motifs is 3. The second kappa shape index (κ2) is 15.6. The first-order valence-corrected chi connectivity index (χ1v) is 20.9. The number of para-hydroxylation sites is 4. The van der Waals surface area contributed by atoms with Crippen LogP contribution in [0.15, 0.2) is 237 Å². The number of nitrogens with zero attached hydrogens (tertiary/aromatic N) is 2. The third kappa shape index (κ3) is 6.70. The Bertz CT molecular complexity index is 3170.